The fourth-order valence-electron chi connectivity index (χ4n) is 3.03. The lowest BCUT2D eigenvalue weighted by molar-refractivity contribution is 0.430. The maximum absolute atomic E-state index is 6.05. The lowest BCUT2D eigenvalue weighted by Crippen LogP contribution is -2.45. The summed E-state index contributed by atoms with van der Waals surface area (Å²) in [6, 6.07) is 16.1. The zero-order chi connectivity index (χ0) is 12.5. The second kappa shape index (κ2) is 4.62. The molecule has 1 aliphatic heterocycles. The van der Waals surface area contributed by atoms with Gasteiger partial charge in [0.2, 0.25) is 0 Å². The van der Waals surface area contributed by atoms with Gasteiger partial charge in [-0.3, -0.25) is 0 Å². The average Bonchev–Trinajstić information content (AvgIpc) is 2.38. The van der Waals surface area contributed by atoms with E-state index >= 15 is 0 Å². The molecule has 2 nitrogen and oxygen atoms in total. The highest BCUT2D eigenvalue weighted by Gasteiger charge is 2.24. The maximum Gasteiger partial charge on any atom is 0.0448 e. The molecule has 3 rings (SSSR count). The van der Waals surface area contributed by atoms with Crippen LogP contribution >= 0.6 is 0 Å². The maximum atomic E-state index is 6.05. The van der Waals surface area contributed by atoms with Crippen LogP contribution in [0.2, 0.25) is 0 Å². The number of anilines is 1. The molecule has 2 heteroatoms. The van der Waals surface area contributed by atoms with Crippen molar-refractivity contribution in [3.63, 3.8) is 0 Å². The number of nitrogens with two attached hydrogens (primary N) is 1. The van der Waals surface area contributed by atoms with Crippen LogP contribution in [0.25, 0.3) is 10.8 Å². The Labute approximate surface area is 108 Å². The van der Waals surface area contributed by atoms with Crippen LogP contribution in [0.5, 0.6) is 0 Å². The molecule has 0 aliphatic carbocycles. The molecule has 2 unspecified atom stereocenters. The van der Waals surface area contributed by atoms with E-state index in [0.29, 0.717) is 12.1 Å². The highest BCUT2D eigenvalue weighted by molar-refractivity contribution is 5.94. The van der Waals surface area contributed by atoms with Gasteiger partial charge in [0, 0.05) is 29.7 Å². The molecule has 0 amide bonds. The standard InChI is InChI=1S/C16H20N2/c1-12-11-14(17)9-10-18(12)16-8-4-6-13-5-2-3-7-15(13)16/h2-8,12,14H,9-11,17H2,1H3. The van der Waals surface area contributed by atoms with Gasteiger partial charge in [0.05, 0.1) is 0 Å². The molecule has 1 fully saturated rings. The number of fused-ring (bicyclic) bond motifs is 1. The summed E-state index contributed by atoms with van der Waals surface area (Å²) in [4.78, 5) is 2.51. The summed E-state index contributed by atoms with van der Waals surface area (Å²) in [5.41, 5.74) is 7.41. The van der Waals surface area contributed by atoms with Gasteiger partial charge < -0.3 is 10.6 Å². The Morgan fingerprint density at radius 1 is 1.11 bits per heavy atom. The molecule has 1 aliphatic rings. The van der Waals surface area contributed by atoms with Crippen LogP contribution < -0.4 is 10.6 Å². The molecule has 1 saturated heterocycles. The first kappa shape index (κ1) is 11.5. The van der Waals surface area contributed by atoms with Gasteiger partial charge in [-0.2, -0.15) is 0 Å². The highest BCUT2D eigenvalue weighted by atomic mass is 15.2. The fourth-order valence-corrected chi connectivity index (χ4v) is 3.03. The number of hydrogen-bond donors (Lipinski definition) is 1. The van der Waals surface area contributed by atoms with Gasteiger partial charge in [-0.05, 0) is 31.2 Å². The molecule has 18 heavy (non-hydrogen) atoms. The fraction of sp³-hybridized carbons (Fsp3) is 0.375. The second-order valence-electron chi connectivity index (χ2n) is 5.33. The first-order chi connectivity index (χ1) is 8.75. The normalized spacial score (nSPS) is 24.4. The van der Waals surface area contributed by atoms with E-state index in [-0.39, 0.29) is 0 Å². The number of benzene rings is 2. The third-order valence-electron chi connectivity index (χ3n) is 3.99. The van der Waals surface area contributed by atoms with Gasteiger partial charge in [0.1, 0.15) is 0 Å². The predicted molar refractivity (Wildman–Crippen MR) is 78.0 cm³/mol. The zero-order valence-corrected chi connectivity index (χ0v) is 10.8. The van der Waals surface area contributed by atoms with E-state index in [4.69, 9.17) is 5.73 Å². The van der Waals surface area contributed by atoms with Gasteiger partial charge in [0.15, 0.2) is 0 Å². The average molecular weight is 240 g/mol. The molecular formula is C16H20N2. The van der Waals surface area contributed by atoms with Crippen LogP contribution in [0.1, 0.15) is 19.8 Å². The first-order valence-corrected chi connectivity index (χ1v) is 6.75. The second-order valence-corrected chi connectivity index (χ2v) is 5.33. The number of rotatable bonds is 1. The molecule has 2 atom stereocenters. The summed E-state index contributed by atoms with van der Waals surface area (Å²) in [6.45, 7) is 3.34. The predicted octanol–water partition coefficient (Wildman–Crippen LogP) is 3.16. The molecule has 0 aromatic heterocycles. The molecule has 2 aromatic carbocycles. The minimum atomic E-state index is 0.367. The van der Waals surface area contributed by atoms with Crippen molar-refractivity contribution >= 4 is 16.5 Å². The zero-order valence-electron chi connectivity index (χ0n) is 10.8. The van der Waals surface area contributed by atoms with E-state index in [0.717, 1.165) is 19.4 Å². The van der Waals surface area contributed by atoms with E-state index in [9.17, 15) is 0 Å². The van der Waals surface area contributed by atoms with Crippen LogP contribution in [0.15, 0.2) is 42.5 Å². The van der Waals surface area contributed by atoms with E-state index in [1.54, 1.807) is 0 Å². The molecule has 0 bridgehead atoms. The van der Waals surface area contributed by atoms with Crippen molar-refractivity contribution in [2.75, 3.05) is 11.4 Å². The SMILES string of the molecule is CC1CC(N)CCN1c1cccc2ccccc12. The highest BCUT2D eigenvalue weighted by Crippen LogP contribution is 2.31. The van der Waals surface area contributed by atoms with E-state index in [2.05, 4.69) is 54.3 Å². The molecule has 0 radical (unpaired) electrons. The van der Waals surface area contributed by atoms with Gasteiger partial charge >= 0.3 is 0 Å². The Kier molecular flexibility index (Phi) is 2.96. The monoisotopic (exact) mass is 240 g/mol. The summed E-state index contributed by atoms with van der Waals surface area (Å²) in [6.07, 6.45) is 2.18. The topological polar surface area (TPSA) is 29.3 Å². The van der Waals surface area contributed by atoms with Crippen LogP contribution in [0, 0.1) is 0 Å². The third kappa shape index (κ3) is 1.97. The van der Waals surface area contributed by atoms with E-state index in [1.807, 2.05) is 0 Å². The Balaban J connectivity index is 2.04. The molecule has 94 valence electrons. The van der Waals surface area contributed by atoms with Crippen LogP contribution in [0.3, 0.4) is 0 Å². The Morgan fingerprint density at radius 3 is 2.72 bits per heavy atom. The van der Waals surface area contributed by atoms with Crippen LogP contribution in [-0.4, -0.2) is 18.6 Å². The lowest BCUT2D eigenvalue weighted by Gasteiger charge is -2.38. The Hall–Kier alpha value is -1.54. The molecule has 1 heterocycles. The summed E-state index contributed by atoms with van der Waals surface area (Å²) in [5, 5.41) is 2.67. The summed E-state index contributed by atoms with van der Waals surface area (Å²) in [7, 11) is 0. The smallest absolute Gasteiger partial charge is 0.0448 e. The number of hydrogen-bond acceptors (Lipinski definition) is 2. The van der Waals surface area contributed by atoms with Crippen molar-refractivity contribution < 1.29 is 0 Å². The lowest BCUT2D eigenvalue weighted by atomic mass is 9.97. The minimum Gasteiger partial charge on any atom is -0.368 e. The minimum absolute atomic E-state index is 0.367. The summed E-state index contributed by atoms with van der Waals surface area (Å²) < 4.78 is 0. The van der Waals surface area contributed by atoms with Crippen molar-refractivity contribution in [3.8, 4) is 0 Å². The van der Waals surface area contributed by atoms with Crippen molar-refractivity contribution in [2.24, 2.45) is 5.73 Å². The Morgan fingerprint density at radius 2 is 1.89 bits per heavy atom. The molecule has 0 saturated carbocycles. The summed E-state index contributed by atoms with van der Waals surface area (Å²) in [5.74, 6) is 0. The third-order valence-corrected chi connectivity index (χ3v) is 3.99. The van der Waals surface area contributed by atoms with Crippen molar-refractivity contribution in [1.29, 1.82) is 0 Å². The van der Waals surface area contributed by atoms with Gasteiger partial charge in [0.25, 0.3) is 0 Å². The van der Waals surface area contributed by atoms with Crippen molar-refractivity contribution in [2.45, 2.75) is 31.8 Å². The molecule has 2 N–H and O–H groups in total. The number of nitrogens with zero attached hydrogens (tertiary/aromatic N) is 1. The van der Waals surface area contributed by atoms with E-state index < -0.39 is 0 Å². The molecule has 0 spiro atoms. The number of piperidine rings is 1. The first-order valence-electron chi connectivity index (χ1n) is 6.75. The summed E-state index contributed by atoms with van der Waals surface area (Å²) >= 11 is 0. The van der Waals surface area contributed by atoms with Crippen LogP contribution in [0.4, 0.5) is 5.69 Å². The van der Waals surface area contributed by atoms with Gasteiger partial charge in [-0.25, -0.2) is 0 Å². The van der Waals surface area contributed by atoms with Gasteiger partial charge in [-0.1, -0.05) is 36.4 Å². The van der Waals surface area contributed by atoms with Crippen molar-refractivity contribution in [3.05, 3.63) is 42.5 Å². The van der Waals surface area contributed by atoms with Crippen molar-refractivity contribution in [1.82, 2.24) is 0 Å². The largest absolute Gasteiger partial charge is 0.368 e. The van der Waals surface area contributed by atoms with E-state index in [1.165, 1.54) is 16.5 Å². The Bertz CT molecular complexity index is 544. The quantitative estimate of drug-likeness (QED) is 0.829. The molecular weight excluding hydrogens is 220 g/mol. The van der Waals surface area contributed by atoms with Crippen LogP contribution in [-0.2, 0) is 0 Å². The molecule has 2 aromatic rings. The van der Waals surface area contributed by atoms with Gasteiger partial charge in [-0.15, -0.1) is 0 Å².